The second-order valence-electron chi connectivity index (χ2n) is 7.23. The zero-order valence-corrected chi connectivity index (χ0v) is 13.3. The van der Waals surface area contributed by atoms with Crippen molar-refractivity contribution in [3.8, 4) is 0 Å². The second kappa shape index (κ2) is 5.45. The zero-order valence-electron chi connectivity index (χ0n) is 13.3. The molecule has 3 nitrogen and oxygen atoms in total. The second-order valence-corrected chi connectivity index (χ2v) is 7.23. The van der Waals surface area contributed by atoms with Crippen LogP contribution in [0.5, 0.6) is 0 Å². The van der Waals surface area contributed by atoms with E-state index < -0.39 is 0 Å². The normalized spacial score (nSPS) is 25.8. The molecule has 1 aliphatic heterocycles. The maximum Gasteiger partial charge on any atom is 0.254 e. The van der Waals surface area contributed by atoms with Gasteiger partial charge in [0.25, 0.3) is 5.91 Å². The van der Waals surface area contributed by atoms with Crippen molar-refractivity contribution in [1.82, 2.24) is 4.90 Å². The lowest BCUT2D eigenvalue weighted by atomic mass is 9.86. The Morgan fingerprint density at radius 3 is 2.57 bits per heavy atom. The van der Waals surface area contributed by atoms with Crippen molar-refractivity contribution in [2.75, 3.05) is 13.2 Å². The number of hydrogen-bond donors (Lipinski definition) is 0. The summed E-state index contributed by atoms with van der Waals surface area (Å²) in [4.78, 5) is 14.8. The molecule has 2 aliphatic rings. The van der Waals surface area contributed by atoms with Crippen molar-refractivity contribution < 1.29 is 9.53 Å². The van der Waals surface area contributed by atoms with Gasteiger partial charge in [-0.05, 0) is 42.4 Å². The Hall–Kier alpha value is -1.35. The molecule has 2 fully saturated rings. The first-order chi connectivity index (χ1) is 9.97. The lowest BCUT2D eigenvalue weighted by Crippen LogP contribution is -2.51. The number of hydrogen-bond acceptors (Lipinski definition) is 2. The number of carbonyl (C=O) groups is 1. The molecule has 1 aliphatic carbocycles. The van der Waals surface area contributed by atoms with Gasteiger partial charge in [0.2, 0.25) is 0 Å². The molecule has 114 valence electrons. The number of fused-ring (bicyclic) bond motifs is 1. The number of carbonyl (C=O) groups excluding carboxylic acids is 1. The highest BCUT2D eigenvalue weighted by molar-refractivity contribution is 5.94. The molecule has 1 saturated carbocycles. The molecule has 1 saturated heterocycles. The summed E-state index contributed by atoms with van der Waals surface area (Å²) < 4.78 is 5.79. The lowest BCUT2D eigenvalue weighted by molar-refractivity contribution is -0.0445. The van der Waals surface area contributed by atoms with Crippen molar-refractivity contribution >= 4 is 5.91 Å². The molecule has 0 bridgehead atoms. The molecule has 1 aromatic carbocycles. The summed E-state index contributed by atoms with van der Waals surface area (Å²) in [5.74, 6) is 0.163. The van der Waals surface area contributed by atoms with E-state index in [0.29, 0.717) is 6.61 Å². The van der Waals surface area contributed by atoms with Crippen LogP contribution in [0.1, 0.15) is 56.0 Å². The van der Waals surface area contributed by atoms with E-state index in [4.69, 9.17) is 4.74 Å². The third-order valence-corrected chi connectivity index (χ3v) is 4.74. The van der Waals surface area contributed by atoms with Crippen molar-refractivity contribution in [3.05, 3.63) is 35.4 Å². The van der Waals surface area contributed by atoms with Crippen LogP contribution in [-0.2, 0) is 10.2 Å². The van der Waals surface area contributed by atoms with Gasteiger partial charge in [-0.3, -0.25) is 4.79 Å². The Morgan fingerprint density at radius 1 is 1.19 bits per heavy atom. The van der Waals surface area contributed by atoms with E-state index >= 15 is 0 Å². The van der Waals surface area contributed by atoms with Crippen molar-refractivity contribution in [1.29, 1.82) is 0 Å². The molecular formula is C18H25NO2. The Bertz CT molecular complexity index is 515. The number of rotatable bonds is 1. The summed E-state index contributed by atoms with van der Waals surface area (Å²) in [6.07, 6.45) is 3.60. The Morgan fingerprint density at radius 2 is 1.90 bits per heavy atom. The van der Waals surface area contributed by atoms with Crippen LogP contribution in [0.4, 0.5) is 0 Å². The predicted octanol–water partition coefficient (Wildman–Crippen LogP) is 3.38. The van der Waals surface area contributed by atoms with Gasteiger partial charge in [-0.1, -0.05) is 32.9 Å². The number of nitrogens with zero attached hydrogens (tertiary/aromatic N) is 1. The smallest absolute Gasteiger partial charge is 0.254 e. The standard InChI is InChI=1S/C18H25NO2/c1-18(2,3)14-9-7-13(8-10-14)17(20)19-11-12-21-16-6-4-5-15(16)19/h7-10,15-16H,4-6,11-12H2,1-3H3/t15-,16-/m1/s1. The van der Waals surface area contributed by atoms with E-state index in [1.807, 2.05) is 17.0 Å². The largest absolute Gasteiger partial charge is 0.374 e. The molecule has 1 amide bonds. The Labute approximate surface area is 127 Å². The van der Waals surface area contributed by atoms with Crippen LogP contribution in [0.3, 0.4) is 0 Å². The summed E-state index contributed by atoms with van der Waals surface area (Å²) >= 11 is 0. The molecule has 21 heavy (non-hydrogen) atoms. The highest BCUT2D eigenvalue weighted by Gasteiger charge is 2.38. The van der Waals surface area contributed by atoms with Gasteiger partial charge in [0.05, 0.1) is 18.8 Å². The van der Waals surface area contributed by atoms with Crippen LogP contribution >= 0.6 is 0 Å². The molecule has 0 N–H and O–H groups in total. The first-order valence-electron chi connectivity index (χ1n) is 8.00. The average molecular weight is 287 g/mol. The fourth-order valence-corrected chi connectivity index (χ4v) is 3.46. The molecule has 0 radical (unpaired) electrons. The molecule has 3 heteroatoms. The third-order valence-electron chi connectivity index (χ3n) is 4.74. The van der Waals surface area contributed by atoms with Gasteiger partial charge in [0, 0.05) is 12.1 Å². The molecule has 1 heterocycles. The molecule has 0 unspecified atom stereocenters. The number of amides is 1. The van der Waals surface area contributed by atoms with E-state index in [1.54, 1.807) is 0 Å². The van der Waals surface area contributed by atoms with Crippen LogP contribution < -0.4 is 0 Å². The van der Waals surface area contributed by atoms with Gasteiger partial charge < -0.3 is 9.64 Å². The molecule has 2 atom stereocenters. The maximum absolute atomic E-state index is 12.8. The van der Waals surface area contributed by atoms with E-state index in [-0.39, 0.29) is 23.5 Å². The van der Waals surface area contributed by atoms with Gasteiger partial charge in [-0.25, -0.2) is 0 Å². The van der Waals surface area contributed by atoms with Crippen LogP contribution in [0.15, 0.2) is 24.3 Å². The Kier molecular flexibility index (Phi) is 3.78. The van der Waals surface area contributed by atoms with Crippen molar-refractivity contribution in [2.45, 2.75) is 57.6 Å². The van der Waals surface area contributed by atoms with Crippen molar-refractivity contribution in [3.63, 3.8) is 0 Å². The van der Waals surface area contributed by atoms with Gasteiger partial charge in [0.15, 0.2) is 0 Å². The fourth-order valence-electron chi connectivity index (χ4n) is 3.46. The zero-order chi connectivity index (χ0) is 15.0. The summed E-state index contributed by atoms with van der Waals surface area (Å²) in [5.41, 5.74) is 2.19. The topological polar surface area (TPSA) is 29.5 Å². The lowest BCUT2D eigenvalue weighted by Gasteiger charge is -2.37. The highest BCUT2D eigenvalue weighted by atomic mass is 16.5. The van der Waals surface area contributed by atoms with Crippen LogP contribution in [0, 0.1) is 0 Å². The third kappa shape index (κ3) is 2.84. The predicted molar refractivity (Wildman–Crippen MR) is 83.6 cm³/mol. The molecule has 1 aromatic rings. The number of benzene rings is 1. The van der Waals surface area contributed by atoms with Gasteiger partial charge in [-0.15, -0.1) is 0 Å². The van der Waals surface area contributed by atoms with E-state index in [1.165, 1.54) is 12.0 Å². The van der Waals surface area contributed by atoms with Crippen LogP contribution in [-0.4, -0.2) is 36.1 Å². The molecular weight excluding hydrogens is 262 g/mol. The van der Waals surface area contributed by atoms with E-state index in [2.05, 4.69) is 32.9 Å². The first kappa shape index (κ1) is 14.6. The Balaban J connectivity index is 1.78. The fraction of sp³-hybridized carbons (Fsp3) is 0.611. The average Bonchev–Trinajstić information content (AvgIpc) is 2.94. The molecule has 0 spiro atoms. The SMILES string of the molecule is CC(C)(C)c1ccc(C(=O)N2CCO[C@@H]3CCC[C@H]32)cc1. The van der Waals surface area contributed by atoms with Crippen LogP contribution in [0.25, 0.3) is 0 Å². The van der Waals surface area contributed by atoms with Crippen LogP contribution in [0.2, 0.25) is 0 Å². The quantitative estimate of drug-likeness (QED) is 0.792. The van der Waals surface area contributed by atoms with Gasteiger partial charge >= 0.3 is 0 Å². The summed E-state index contributed by atoms with van der Waals surface area (Å²) in [6.45, 7) is 7.97. The van der Waals surface area contributed by atoms with Gasteiger partial charge in [0.1, 0.15) is 0 Å². The van der Waals surface area contributed by atoms with E-state index in [9.17, 15) is 4.79 Å². The summed E-state index contributed by atoms with van der Waals surface area (Å²) in [7, 11) is 0. The monoisotopic (exact) mass is 287 g/mol. The summed E-state index contributed by atoms with van der Waals surface area (Å²) in [6, 6.07) is 8.40. The minimum absolute atomic E-state index is 0.122. The molecule has 0 aromatic heterocycles. The number of ether oxygens (including phenoxy) is 1. The number of morpholine rings is 1. The minimum Gasteiger partial charge on any atom is -0.374 e. The molecule has 3 rings (SSSR count). The first-order valence-corrected chi connectivity index (χ1v) is 8.00. The summed E-state index contributed by atoms with van der Waals surface area (Å²) in [5, 5.41) is 0. The highest BCUT2D eigenvalue weighted by Crippen LogP contribution is 2.31. The van der Waals surface area contributed by atoms with Crippen molar-refractivity contribution in [2.24, 2.45) is 0 Å². The maximum atomic E-state index is 12.8. The van der Waals surface area contributed by atoms with Gasteiger partial charge in [-0.2, -0.15) is 0 Å². The minimum atomic E-state index is 0.122. The van der Waals surface area contributed by atoms with E-state index in [0.717, 1.165) is 24.9 Å².